The topological polar surface area (TPSA) is 73.2 Å². The monoisotopic (exact) mass is 287 g/mol. The van der Waals surface area contributed by atoms with Gasteiger partial charge in [-0.05, 0) is 35.9 Å². The van der Waals surface area contributed by atoms with Crippen LogP contribution in [-0.2, 0) is 10.2 Å². The van der Waals surface area contributed by atoms with Crippen molar-refractivity contribution in [3.8, 4) is 6.07 Å². The van der Waals surface area contributed by atoms with Crippen LogP contribution in [0, 0.1) is 11.3 Å². The highest BCUT2D eigenvalue weighted by molar-refractivity contribution is 7.91. The predicted molar refractivity (Wildman–Crippen MR) is 77.5 cm³/mol. The third kappa shape index (κ3) is 1.92. The summed E-state index contributed by atoms with van der Waals surface area (Å²) in [7, 11) is -3.46. The number of hydrogen-bond donors (Lipinski definition) is 1. The van der Waals surface area contributed by atoms with E-state index in [-0.39, 0.29) is 6.04 Å². The van der Waals surface area contributed by atoms with E-state index in [0.29, 0.717) is 17.8 Å². The normalized spacial score (nSPS) is 21.0. The maximum absolute atomic E-state index is 12.0. The SMILES string of the molecule is C[C@H]1CNS(=O)(=O)N1c1ccc2c(C#N)cccc2c1. The van der Waals surface area contributed by atoms with E-state index in [1.807, 2.05) is 13.0 Å². The number of benzene rings is 2. The molecule has 0 unspecified atom stereocenters. The highest BCUT2D eigenvalue weighted by Gasteiger charge is 2.34. The van der Waals surface area contributed by atoms with Crippen molar-refractivity contribution in [2.75, 3.05) is 10.8 Å². The van der Waals surface area contributed by atoms with Crippen molar-refractivity contribution < 1.29 is 8.42 Å². The molecule has 0 amide bonds. The molecule has 1 saturated heterocycles. The van der Waals surface area contributed by atoms with E-state index < -0.39 is 10.2 Å². The lowest BCUT2D eigenvalue weighted by molar-refractivity contribution is 0.591. The minimum absolute atomic E-state index is 0.128. The van der Waals surface area contributed by atoms with Crippen LogP contribution in [0.4, 0.5) is 5.69 Å². The number of hydrogen-bond acceptors (Lipinski definition) is 3. The van der Waals surface area contributed by atoms with Gasteiger partial charge in [0.15, 0.2) is 0 Å². The van der Waals surface area contributed by atoms with Crippen molar-refractivity contribution in [3.05, 3.63) is 42.0 Å². The van der Waals surface area contributed by atoms with Crippen LogP contribution >= 0.6 is 0 Å². The molecule has 1 aliphatic rings. The summed E-state index contributed by atoms with van der Waals surface area (Å²) in [4.78, 5) is 0. The molecular weight excluding hydrogens is 274 g/mol. The van der Waals surface area contributed by atoms with E-state index in [0.717, 1.165) is 10.8 Å². The lowest BCUT2D eigenvalue weighted by Crippen LogP contribution is -2.33. The molecule has 6 heteroatoms. The van der Waals surface area contributed by atoms with E-state index in [9.17, 15) is 8.42 Å². The summed E-state index contributed by atoms with van der Waals surface area (Å²) < 4.78 is 27.9. The van der Waals surface area contributed by atoms with Crippen LogP contribution in [0.15, 0.2) is 36.4 Å². The molecule has 1 atom stereocenters. The zero-order valence-corrected chi connectivity index (χ0v) is 11.7. The van der Waals surface area contributed by atoms with Crippen LogP contribution < -0.4 is 9.03 Å². The summed E-state index contributed by atoms with van der Waals surface area (Å²) in [6, 6.07) is 12.8. The number of rotatable bonds is 1. The summed E-state index contributed by atoms with van der Waals surface area (Å²) in [6.45, 7) is 2.26. The Bertz CT molecular complexity index is 824. The molecule has 0 bridgehead atoms. The van der Waals surface area contributed by atoms with Crippen LogP contribution in [-0.4, -0.2) is 21.0 Å². The Hall–Kier alpha value is -2.10. The van der Waals surface area contributed by atoms with Crippen LogP contribution in [0.2, 0.25) is 0 Å². The van der Waals surface area contributed by atoms with Gasteiger partial charge in [0, 0.05) is 6.54 Å². The van der Waals surface area contributed by atoms with Gasteiger partial charge < -0.3 is 0 Å². The molecule has 0 aromatic heterocycles. The van der Waals surface area contributed by atoms with Crippen molar-refractivity contribution >= 4 is 26.7 Å². The molecule has 5 nitrogen and oxygen atoms in total. The molecule has 0 aliphatic carbocycles. The number of nitrogens with one attached hydrogen (secondary N) is 1. The fourth-order valence-electron chi connectivity index (χ4n) is 2.51. The average molecular weight is 287 g/mol. The standard InChI is InChI=1S/C14H13N3O2S/c1-10-9-16-20(18,19)17(10)13-5-6-14-11(7-13)3-2-4-12(14)8-15/h2-7,10,16H,9H2,1H3/t10-/m0/s1. The van der Waals surface area contributed by atoms with E-state index in [2.05, 4.69) is 10.8 Å². The second-order valence-electron chi connectivity index (χ2n) is 4.82. The summed E-state index contributed by atoms with van der Waals surface area (Å²) in [5.74, 6) is 0. The molecule has 0 saturated carbocycles. The van der Waals surface area contributed by atoms with Gasteiger partial charge in [-0.15, -0.1) is 0 Å². The Labute approximate surface area is 117 Å². The zero-order chi connectivity index (χ0) is 14.3. The van der Waals surface area contributed by atoms with Crippen LogP contribution in [0.25, 0.3) is 10.8 Å². The minimum Gasteiger partial charge on any atom is -0.254 e. The van der Waals surface area contributed by atoms with E-state index in [1.165, 1.54) is 4.31 Å². The largest absolute Gasteiger partial charge is 0.301 e. The fourth-order valence-corrected chi connectivity index (χ4v) is 4.04. The fraction of sp³-hybridized carbons (Fsp3) is 0.214. The van der Waals surface area contributed by atoms with Crippen LogP contribution in [0.5, 0.6) is 0 Å². The van der Waals surface area contributed by atoms with Gasteiger partial charge in [-0.2, -0.15) is 18.4 Å². The Morgan fingerprint density at radius 3 is 2.80 bits per heavy atom. The van der Waals surface area contributed by atoms with Crippen LogP contribution in [0.1, 0.15) is 12.5 Å². The van der Waals surface area contributed by atoms with Crippen molar-refractivity contribution in [2.24, 2.45) is 0 Å². The van der Waals surface area contributed by atoms with Gasteiger partial charge in [-0.25, -0.2) is 0 Å². The van der Waals surface area contributed by atoms with E-state index in [1.54, 1.807) is 30.3 Å². The lowest BCUT2D eigenvalue weighted by Gasteiger charge is -2.21. The molecule has 1 aliphatic heterocycles. The molecule has 2 aromatic carbocycles. The van der Waals surface area contributed by atoms with Gasteiger partial charge in [0.2, 0.25) is 0 Å². The summed E-state index contributed by atoms with van der Waals surface area (Å²) in [5.41, 5.74) is 1.20. The van der Waals surface area contributed by atoms with Crippen molar-refractivity contribution in [1.29, 1.82) is 5.26 Å². The second kappa shape index (κ2) is 4.47. The van der Waals surface area contributed by atoms with Crippen LogP contribution in [0.3, 0.4) is 0 Å². The Morgan fingerprint density at radius 1 is 1.35 bits per heavy atom. The lowest BCUT2D eigenvalue weighted by atomic mass is 10.0. The van der Waals surface area contributed by atoms with Gasteiger partial charge in [-0.3, -0.25) is 4.31 Å². The van der Waals surface area contributed by atoms with Gasteiger partial charge in [0.1, 0.15) is 0 Å². The quantitative estimate of drug-likeness (QED) is 0.868. The Balaban J connectivity index is 2.18. The van der Waals surface area contributed by atoms with E-state index in [4.69, 9.17) is 5.26 Å². The highest BCUT2D eigenvalue weighted by atomic mass is 32.2. The third-order valence-corrected chi connectivity index (χ3v) is 5.08. The van der Waals surface area contributed by atoms with Gasteiger partial charge in [0.05, 0.1) is 23.4 Å². The summed E-state index contributed by atoms with van der Waals surface area (Å²) >= 11 is 0. The van der Waals surface area contributed by atoms with Gasteiger partial charge >= 0.3 is 10.2 Å². The Morgan fingerprint density at radius 2 is 2.15 bits per heavy atom. The first-order valence-electron chi connectivity index (χ1n) is 6.25. The molecule has 1 heterocycles. The summed E-state index contributed by atoms with van der Waals surface area (Å²) in [6.07, 6.45) is 0. The zero-order valence-electron chi connectivity index (χ0n) is 10.9. The molecule has 1 fully saturated rings. The van der Waals surface area contributed by atoms with Crippen molar-refractivity contribution in [1.82, 2.24) is 4.72 Å². The number of anilines is 1. The smallest absolute Gasteiger partial charge is 0.254 e. The third-order valence-electron chi connectivity index (χ3n) is 3.46. The number of nitriles is 1. The Kier molecular flexibility index (Phi) is 2.89. The van der Waals surface area contributed by atoms with Gasteiger partial charge in [-0.1, -0.05) is 18.2 Å². The molecule has 0 radical (unpaired) electrons. The number of nitrogens with zero attached hydrogens (tertiary/aromatic N) is 2. The molecule has 3 rings (SSSR count). The molecule has 20 heavy (non-hydrogen) atoms. The van der Waals surface area contributed by atoms with Crippen molar-refractivity contribution in [2.45, 2.75) is 13.0 Å². The molecular formula is C14H13N3O2S. The molecule has 1 N–H and O–H groups in total. The first kappa shape index (κ1) is 12.9. The average Bonchev–Trinajstić information content (AvgIpc) is 2.71. The summed E-state index contributed by atoms with van der Waals surface area (Å²) in [5, 5.41) is 10.8. The van der Waals surface area contributed by atoms with Gasteiger partial charge in [0.25, 0.3) is 0 Å². The van der Waals surface area contributed by atoms with E-state index >= 15 is 0 Å². The molecule has 102 valence electrons. The predicted octanol–water partition coefficient (Wildman–Crippen LogP) is 1.75. The minimum atomic E-state index is -3.46. The first-order valence-corrected chi connectivity index (χ1v) is 7.69. The first-order chi connectivity index (χ1) is 9.53. The molecule has 2 aromatic rings. The number of fused-ring (bicyclic) bond motifs is 1. The maximum Gasteiger partial charge on any atom is 0.301 e. The second-order valence-corrected chi connectivity index (χ2v) is 6.45. The molecule has 0 spiro atoms. The maximum atomic E-state index is 12.0. The van der Waals surface area contributed by atoms with Crippen molar-refractivity contribution in [3.63, 3.8) is 0 Å². The highest BCUT2D eigenvalue weighted by Crippen LogP contribution is 2.28.